The lowest BCUT2D eigenvalue weighted by Crippen LogP contribution is -2.10. The number of hydrogen-bond donors (Lipinski definition) is 1. The fourth-order valence-corrected chi connectivity index (χ4v) is 1.23. The van der Waals surface area contributed by atoms with Crippen molar-refractivity contribution in [2.75, 3.05) is 7.05 Å². The first kappa shape index (κ1) is 7.61. The summed E-state index contributed by atoms with van der Waals surface area (Å²) in [6.07, 6.45) is 2.98. The minimum Gasteiger partial charge on any atom is -0.385 e. The normalized spacial score (nSPS) is 18.9. The van der Waals surface area contributed by atoms with Gasteiger partial charge in [-0.3, -0.25) is 0 Å². The number of likely N-dealkylation sites (N-methyl/N-ethyl adjacent to an activating group) is 1. The molecule has 0 amide bonds. The van der Waals surface area contributed by atoms with Crippen LogP contribution in [0.4, 0.5) is 4.39 Å². The lowest BCUT2D eigenvalue weighted by atomic mass is 10.1. The third-order valence-electron chi connectivity index (χ3n) is 1.45. The first-order valence-electron chi connectivity index (χ1n) is 3.18. The van der Waals surface area contributed by atoms with Crippen LogP contribution in [0, 0.1) is 0 Å². The fourth-order valence-electron chi connectivity index (χ4n) is 0.937. The molecule has 0 heterocycles. The summed E-state index contributed by atoms with van der Waals surface area (Å²) >= 11 is 5.71. The van der Waals surface area contributed by atoms with Gasteiger partial charge in [-0.05, 0) is 18.9 Å². The molecular formula is C7H9ClFN. The van der Waals surface area contributed by atoms with E-state index in [-0.39, 0.29) is 5.83 Å². The van der Waals surface area contributed by atoms with Gasteiger partial charge >= 0.3 is 0 Å². The van der Waals surface area contributed by atoms with E-state index in [9.17, 15) is 4.39 Å². The maximum Gasteiger partial charge on any atom is 0.143 e. The number of allylic oxidation sites excluding steroid dienone is 3. The van der Waals surface area contributed by atoms with Crippen molar-refractivity contribution in [2.24, 2.45) is 0 Å². The smallest absolute Gasteiger partial charge is 0.143 e. The van der Waals surface area contributed by atoms with Crippen LogP contribution in [0.15, 0.2) is 22.6 Å². The largest absolute Gasteiger partial charge is 0.385 e. The summed E-state index contributed by atoms with van der Waals surface area (Å²) in [7, 11) is 1.66. The second kappa shape index (κ2) is 3.06. The highest BCUT2D eigenvalue weighted by atomic mass is 35.5. The van der Waals surface area contributed by atoms with Gasteiger partial charge < -0.3 is 5.32 Å². The maximum absolute atomic E-state index is 12.8. The molecule has 0 aromatic carbocycles. The van der Waals surface area contributed by atoms with Gasteiger partial charge in [0, 0.05) is 12.1 Å². The fraction of sp³-hybridized carbons (Fsp3) is 0.429. The molecule has 0 aliphatic heterocycles. The molecule has 0 saturated heterocycles. The molecule has 10 heavy (non-hydrogen) atoms. The molecule has 0 saturated carbocycles. The van der Waals surface area contributed by atoms with E-state index >= 15 is 0 Å². The molecule has 1 aliphatic carbocycles. The molecule has 0 aromatic heterocycles. The summed E-state index contributed by atoms with van der Waals surface area (Å²) in [5.41, 5.74) is 0.438. The maximum atomic E-state index is 12.8. The van der Waals surface area contributed by atoms with E-state index in [0.29, 0.717) is 17.2 Å². The highest BCUT2D eigenvalue weighted by Gasteiger charge is 2.11. The summed E-state index contributed by atoms with van der Waals surface area (Å²) in [4.78, 5) is 0. The molecule has 1 nitrogen and oxygen atoms in total. The third kappa shape index (κ3) is 1.32. The van der Waals surface area contributed by atoms with Crippen molar-refractivity contribution in [1.29, 1.82) is 0 Å². The lowest BCUT2D eigenvalue weighted by Gasteiger charge is -2.11. The minimum atomic E-state index is -0.237. The Morgan fingerprint density at radius 2 is 2.40 bits per heavy atom. The summed E-state index contributed by atoms with van der Waals surface area (Å²) in [6, 6.07) is 0. The molecule has 0 radical (unpaired) electrons. The zero-order valence-electron chi connectivity index (χ0n) is 5.75. The monoisotopic (exact) mass is 161 g/mol. The first-order valence-corrected chi connectivity index (χ1v) is 3.56. The van der Waals surface area contributed by atoms with E-state index in [1.54, 1.807) is 7.05 Å². The zero-order valence-corrected chi connectivity index (χ0v) is 6.50. The predicted octanol–water partition coefficient (Wildman–Crippen LogP) is 2.30. The predicted molar refractivity (Wildman–Crippen MR) is 40.4 cm³/mol. The lowest BCUT2D eigenvalue weighted by molar-refractivity contribution is 0.614. The van der Waals surface area contributed by atoms with Crippen LogP contribution in [-0.2, 0) is 0 Å². The molecule has 0 unspecified atom stereocenters. The standard InChI is InChI=1S/C7H9ClFN/c1-10-7-5(8)3-2-4-6(7)9/h4,10H,2-3H2,1H3. The van der Waals surface area contributed by atoms with E-state index in [0.717, 1.165) is 6.42 Å². The molecule has 0 atom stereocenters. The summed E-state index contributed by atoms with van der Waals surface area (Å²) < 4.78 is 12.8. The van der Waals surface area contributed by atoms with Crippen LogP contribution in [0.2, 0.25) is 0 Å². The number of halogens is 2. The molecule has 0 spiro atoms. The van der Waals surface area contributed by atoms with E-state index < -0.39 is 0 Å². The van der Waals surface area contributed by atoms with Crippen molar-refractivity contribution < 1.29 is 4.39 Å². The number of nitrogens with one attached hydrogen (secondary N) is 1. The second-order valence-corrected chi connectivity index (χ2v) is 2.58. The number of rotatable bonds is 1. The molecular weight excluding hydrogens is 153 g/mol. The van der Waals surface area contributed by atoms with Crippen LogP contribution < -0.4 is 5.32 Å². The van der Waals surface area contributed by atoms with Crippen molar-refractivity contribution in [3.8, 4) is 0 Å². The molecule has 0 fully saturated rings. The summed E-state index contributed by atoms with van der Waals surface area (Å²) in [6.45, 7) is 0. The summed E-state index contributed by atoms with van der Waals surface area (Å²) in [5, 5.41) is 3.29. The molecule has 0 bridgehead atoms. The van der Waals surface area contributed by atoms with Crippen LogP contribution in [0.1, 0.15) is 12.8 Å². The van der Waals surface area contributed by atoms with Gasteiger partial charge in [-0.25, -0.2) is 4.39 Å². The van der Waals surface area contributed by atoms with Crippen LogP contribution in [0.3, 0.4) is 0 Å². The van der Waals surface area contributed by atoms with Crippen molar-refractivity contribution in [3.63, 3.8) is 0 Å². The highest BCUT2D eigenvalue weighted by molar-refractivity contribution is 6.30. The van der Waals surface area contributed by atoms with Crippen molar-refractivity contribution in [3.05, 3.63) is 22.6 Å². The van der Waals surface area contributed by atoms with Gasteiger partial charge in [-0.1, -0.05) is 11.6 Å². The molecule has 1 aliphatic rings. The van der Waals surface area contributed by atoms with Gasteiger partial charge in [-0.15, -0.1) is 0 Å². The quantitative estimate of drug-likeness (QED) is 0.623. The van der Waals surface area contributed by atoms with Crippen molar-refractivity contribution >= 4 is 11.6 Å². The Kier molecular flexibility index (Phi) is 2.33. The van der Waals surface area contributed by atoms with Gasteiger partial charge in [0.15, 0.2) is 0 Å². The van der Waals surface area contributed by atoms with E-state index in [1.165, 1.54) is 6.08 Å². The van der Waals surface area contributed by atoms with E-state index in [4.69, 9.17) is 11.6 Å². The van der Waals surface area contributed by atoms with Crippen LogP contribution in [0.25, 0.3) is 0 Å². The summed E-state index contributed by atoms with van der Waals surface area (Å²) in [5.74, 6) is -0.237. The Hall–Kier alpha value is -0.500. The average molecular weight is 162 g/mol. The SMILES string of the molecule is CNC1=C(Cl)CCC=C1F. The van der Waals surface area contributed by atoms with Gasteiger partial charge in [-0.2, -0.15) is 0 Å². The topological polar surface area (TPSA) is 12.0 Å². The minimum absolute atomic E-state index is 0.237. The van der Waals surface area contributed by atoms with Gasteiger partial charge in [0.25, 0.3) is 0 Å². The Balaban J connectivity index is 2.87. The highest BCUT2D eigenvalue weighted by Crippen LogP contribution is 2.26. The van der Waals surface area contributed by atoms with E-state index in [1.807, 2.05) is 0 Å². The van der Waals surface area contributed by atoms with Gasteiger partial charge in [0.2, 0.25) is 0 Å². The molecule has 1 rings (SSSR count). The van der Waals surface area contributed by atoms with Crippen molar-refractivity contribution in [1.82, 2.24) is 5.32 Å². The van der Waals surface area contributed by atoms with Gasteiger partial charge in [0.1, 0.15) is 5.83 Å². The molecule has 0 aromatic rings. The average Bonchev–Trinajstić information content (AvgIpc) is 1.88. The molecule has 1 N–H and O–H groups in total. The Labute approximate surface area is 64.6 Å². The van der Waals surface area contributed by atoms with Gasteiger partial charge in [0.05, 0.1) is 5.70 Å². The molecule has 3 heteroatoms. The van der Waals surface area contributed by atoms with Crippen LogP contribution in [0.5, 0.6) is 0 Å². The van der Waals surface area contributed by atoms with Crippen LogP contribution in [-0.4, -0.2) is 7.05 Å². The van der Waals surface area contributed by atoms with E-state index in [2.05, 4.69) is 5.32 Å². The second-order valence-electron chi connectivity index (χ2n) is 2.12. The first-order chi connectivity index (χ1) is 4.75. The third-order valence-corrected chi connectivity index (χ3v) is 1.83. The number of hydrogen-bond acceptors (Lipinski definition) is 1. The van der Waals surface area contributed by atoms with Crippen LogP contribution >= 0.6 is 11.6 Å². The zero-order chi connectivity index (χ0) is 7.56. The molecule has 56 valence electrons. The Morgan fingerprint density at radius 1 is 1.70 bits per heavy atom. The van der Waals surface area contributed by atoms with Crippen molar-refractivity contribution in [2.45, 2.75) is 12.8 Å². The Morgan fingerprint density at radius 3 is 2.80 bits per heavy atom. The Bertz CT molecular complexity index is 196.